The molecule has 0 aliphatic carbocycles. The third-order valence-corrected chi connectivity index (χ3v) is 9.38. The van der Waals surface area contributed by atoms with Crippen molar-refractivity contribution in [3.05, 3.63) is 134 Å². The minimum atomic E-state index is 0.561. The quantitative estimate of drug-likeness (QED) is 0.218. The second-order valence-corrected chi connectivity index (χ2v) is 11.7. The SMILES string of the molecule is c1cc(-c2ccc(-c3cccc4c3sc3ccccc34)cc2)cc(-c2cnc3oc4c5ccccc5ccc4c3n2)c1. The van der Waals surface area contributed by atoms with Gasteiger partial charge in [-0.15, -0.1) is 11.3 Å². The predicted molar refractivity (Wildman–Crippen MR) is 176 cm³/mol. The molecule has 0 amide bonds. The monoisotopic (exact) mass is 554 g/mol. The van der Waals surface area contributed by atoms with Crippen LogP contribution in [-0.4, -0.2) is 9.97 Å². The highest BCUT2D eigenvalue weighted by molar-refractivity contribution is 7.26. The lowest BCUT2D eigenvalue weighted by Crippen LogP contribution is -1.88. The van der Waals surface area contributed by atoms with E-state index in [2.05, 4.69) is 120 Å². The van der Waals surface area contributed by atoms with Gasteiger partial charge in [0.1, 0.15) is 11.1 Å². The molecule has 0 spiro atoms. The molecule has 0 fully saturated rings. The average molecular weight is 555 g/mol. The number of rotatable bonds is 3. The molecule has 0 aliphatic rings. The molecule has 0 N–H and O–H groups in total. The average Bonchev–Trinajstić information content (AvgIpc) is 3.63. The molecule has 9 rings (SSSR count). The molecule has 3 heterocycles. The number of benzene rings is 6. The fourth-order valence-corrected chi connectivity index (χ4v) is 7.32. The van der Waals surface area contributed by atoms with E-state index in [1.807, 2.05) is 23.5 Å². The maximum absolute atomic E-state index is 6.17. The zero-order chi connectivity index (χ0) is 27.6. The number of furan rings is 1. The molecule has 0 saturated heterocycles. The first kappa shape index (κ1) is 23.4. The van der Waals surface area contributed by atoms with E-state index < -0.39 is 0 Å². The molecule has 0 radical (unpaired) electrons. The van der Waals surface area contributed by atoms with Gasteiger partial charge in [-0.25, -0.2) is 9.97 Å². The summed E-state index contributed by atoms with van der Waals surface area (Å²) < 4.78 is 8.83. The highest BCUT2D eigenvalue weighted by Crippen LogP contribution is 2.40. The third kappa shape index (κ3) is 3.59. The first-order chi connectivity index (χ1) is 20.8. The lowest BCUT2D eigenvalue weighted by molar-refractivity contribution is 0.656. The zero-order valence-corrected chi connectivity index (χ0v) is 23.2. The lowest BCUT2D eigenvalue weighted by atomic mass is 9.98. The van der Waals surface area contributed by atoms with Crippen LogP contribution in [0.2, 0.25) is 0 Å². The van der Waals surface area contributed by atoms with E-state index >= 15 is 0 Å². The molecule has 0 bridgehead atoms. The van der Waals surface area contributed by atoms with Gasteiger partial charge in [-0.1, -0.05) is 109 Å². The molecule has 6 aromatic carbocycles. The number of thiophene rings is 1. The van der Waals surface area contributed by atoms with Gasteiger partial charge in [0.05, 0.1) is 11.9 Å². The zero-order valence-electron chi connectivity index (χ0n) is 22.4. The molecule has 9 aromatic rings. The molecule has 0 aliphatic heterocycles. The van der Waals surface area contributed by atoms with E-state index in [4.69, 9.17) is 9.40 Å². The van der Waals surface area contributed by atoms with E-state index in [0.717, 1.165) is 44.1 Å². The topological polar surface area (TPSA) is 38.9 Å². The Balaban J connectivity index is 1.09. The van der Waals surface area contributed by atoms with Crippen LogP contribution < -0.4 is 0 Å². The summed E-state index contributed by atoms with van der Waals surface area (Å²) in [6.07, 6.45) is 1.81. The molecule has 3 nitrogen and oxygen atoms in total. The summed E-state index contributed by atoms with van der Waals surface area (Å²) in [6, 6.07) is 45.1. The second-order valence-electron chi connectivity index (χ2n) is 10.6. The highest BCUT2D eigenvalue weighted by atomic mass is 32.1. The van der Waals surface area contributed by atoms with Crippen LogP contribution >= 0.6 is 11.3 Å². The van der Waals surface area contributed by atoms with Gasteiger partial charge in [-0.05, 0) is 45.8 Å². The van der Waals surface area contributed by atoms with E-state index in [-0.39, 0.29) is 0 Å². The highest BCUT2D eigenvalue weighted by Gasteiger charge is 2.15. The number of fused-ring (bicyclic) bond motifs is 8. The van der Waals surface area contributed by atoms with Gasteiger partial charge in [0.15, 0.2) is 0 Å². The van der Waals surface area contributed by atoms with Gasteiger partial charge in [0.2, 0.25) is 5.71 Å². The van der Waals surface area contributed by atoms with E-state index in [1.165, 1.54) is 36.9 Å². The van der Waals surface area contributed by atoms with E-state index in [0.29, 0.717) is 5.71 Å². The number of hydrogen-bond acceptors (Lipinski definition) is 4. The number of hydrogen-bond donors (Lipinski definition) is 0. The van der Waals surface area contributed by atoms with Crippen LogP contribution in [-0.2, 0) is 0 Å². The third-order valence-electron chi connectivity index (χ3n) is 8.16. The summed E-state index contributed by atoms with van der Waals surface area (Å²) in [4.78, 5) is 9.68. The number of aromatic nitrogens is 2. The van der Waals surface area contributed by atoms with Gasteiger partial charge in [-0.2, -0.15) is 0 Å². The minimum absolute atomic E-state index is 0.561. The van der Waals surface area contributed by atoms with Crippen molar-refractivity contribution in [3.63, 3.8) is 0 Å². The Kier molecular flexibility index (Phi) is 5.07. The molecule has 42 heavy (non-hydrogen) atoms. The van der Waals surface area contributed by atoms with Crippen molar-refractivity contribution in [2.75, 3.05) is 0 Å². The van der Waals surface area contributed by atoms with Crippen LogP contribution in [0.5, 0.6) is 0 Å². The molecule has 0 unspecified atom stereocenters. The molecule has 0 saturated carbocycles. The minimum Gasteiger partial charge on any atom is -0.436 e. The van der Waals surface area contributed by atoms with Crippen LogP contribution in [0.1, 0.15) is 0 Å². The van der Waals surface area contributed by atoms with Crippen molar-refractivity contribution in [2.45, 2.75) is 0 Å². The van der Waals surface area contributed by atoms with Crippen molar-refractivity contribution in [3.8, 4) is 33.5 Å². The van der Waals surface area contributed by atoms with Crippen molar-refractivity contribution >= 4 is 64.5 Å². The Morgan fingerprint density at radius 2 is 1.31 bits per heavy atom. The number of nitrogens with zero attached hydrogens (tertiary/aromatic N) is 2. The maximum Gasteiger partial charge on any atom is 0.246 e. The van der Waals surface area contributed by atoms with Crippen molar-refractivity contribution in [2.24, 2.45) is 0 Å². The summed E-state index contributed by atoms with van der Waals surface area (Å²) in [5.41, 5.74) is 8.84. The van der Waals surface area contributed by atoms with Crippen molar-refractivity contribution in [1.29, 1.82) is 0 Å². The Morgan fingerprint density at radius 3 is 2.24 bits per heavy atom. The largest absolute Gasteiger partial charge is 0.436 e. The lowest BCUT2D eigenvalue weighted by Gasteiger charge is -2.08. The summed E-state index contributed by atoms with van der Waals surface area (Å²) in [5.74, 6) is 0. The maximum atomic E-state index is 6.17. The Morgan fingerprint density at radius 1 is 0.548 bits per heavy atom. The summed E-state index contributed by atoms with van der Waals surface area (Å²) >= 11 is 1.87. The van der Waals surface area contributed by atoms with Crippen molar-refractivity contribution < 1.29 is 4.42 Å². The molecule has 196 valence electrons. The van der Waals surface area contributed by atoms with Gasteiger partial charge in [0, 0.05) is 36.5 Å². The standard InChI is InChI=1S/C38H22N2OS/c1-2-10-28-24(7-1)19-20-32-35-38(41-36(28)32)39-22-33(40-35)27-9-5-8-26(21-27)23-15-17-25(18-16-23)29-12-6-13-31-30-11-3-4-14-34(30)42-37(29)31/h1-22H. The van der Waals surface area contributed by atoms with Gasteiger partial charge < -0.3 is 4.42 Å². The molecule has 3 aromatic heterocycles. The Labute approximate surface area is 245 Å². The Bertz CT molecular complexity index is 2470. The van der Waals surface area contributed by atoms with Crippen LogP contribution in [0.4, 0.5) is 0 Å². The first-order valence-corrected chi connectivity index (χ1v) is 14.8. The molecule has 0 atom stereocenters. The summed E-state index contributed by atoms with van der Waals surface area (Å²) in [7, 11) is 0. The predicted octanol–water partition coefficient (Wildman–Crippen LogP) is 10.9. The fourth-order valence-electron chi connectivity index (χ4n) is 6.08. The smallest absolute Gasteiger partial charge is 0.246 e. The van der Waals surface area contributed by atoms with Crippen LogP contribution in [0.15, 0.2) is 138 Å². The van der Waals surface area contributed by atoms with Gasteiger partial charge in [-0.3, -0.25) is 0 Å². The van der Waals surface area contributed by atoms with Crippen molar-refractivity contribution in [1.82, 2.24) is 9.97 Å². The van der Waals surface area contributed by atoms with Crippen LogP contribution in [0.3, 0.4) is 0 Å². The normalized spacial score (nSPS) is 11.8. The molecular weight excluding hydrogens is 532 g/mol. The summed E-state index contributed by atoms with van der Waals surface area (Å²) in [5, 5.41) is 5.85. The first-order valence-electron chi connectivity index (χ1n) is 14.0. The van der Waals surface area contributed by atoms with Crippen LogP contribution in [0, 0.1) is 0 Å². The van der Waals surface area contributed by atoms with Gasteiger partial charge >= 0.3 is 0 Å². The molecular formula is C38H22N2OS. The van der Waals surface area contributed by atoms with Gasteiger partial charge in [0.25, 0.3) is 0 Å². The van der Waals surface area contributed by atoms with E-state index in [1.54, 1.807) is 6.20 Å². The Hall–Kier alpha value is -5.32. The molecule has 4 heteroatoms. The van der Waals surface area contributed by atoms with Crippen LogP contribution in [0.25, 0.3) is 86.7 Å². The summed E-state index contributed by atoms with van der Waals surface area (Å²) in [6.45, 7) is 0. The fraction of sp³-hybridized carbons (Fsp3) is 0. The second kappa shape index (κ2) is 9.10. The van der Waals surface area contributed by atoms with E-state index in [9.17, 15) is 0 Å².